The zero-order valence-corrected chi connectivity index (χ0v) is 18.9. The van der Waals surface area contributed by atoms with Crippen LogP contribution in [0.2, 0.25) is 5.02 Å². The summed E-state index contributed by atoms with van der Waals surface area (Å²) in [4.78, 5) is 21.6. The van der Waals surface area contributed by atoms with Crippen molar-refractivity contribution < 1.29 is 9.53 Å². The quantitative estimate of drug-likeness (QED) is 0.508. The minimum absolute atomic E-state index is 0.193. The molecule has 2 heterocycles. The highest BCUT2D eigenvalue weighted by Crippen LogP contribution is 2.26. The zero-order chi connectivity index (χ0) is 21.8. The van der Waals surface area contributed by atoms with Gasteiger partial charge < -0.3 is 14.5 Å². The number of carbonyl (C=O) groups is 1. The van der Waals surface area contributed by atoms with Crippen molar-refractivity contribution in [2.75, 3.05) is 37.7 Å². The van der Waals surface area contributed by atoms with Crippen LogP contribution in [0.15, 0.2) is 48.5 Å². The second kappa shape index (κ2) is 9.56. The molecular formula is C25H28ClN3O2. The van der Waals surface area contributed by atoms with Crippen molar-refractivity contribution in [1.82, 2.24) is 9.88 Å². The van der Waals surface area contributed by atoms with E-state index in [1.165, 1.54) is 0 Å². The number of carbonyl (C=O) groups excluding carboxylic acids is 1. The average molecular weight is 438 g/mol. The predicted molar refractivity (Wildman–Crippen MR) is 126 cm³/mol. The number of fused-ring (bicyclic) bond motifs is 1. The van der Waals surface area contributed by atoms with Gasteiger partial charge in [-0.05, 0) is 61.7 Å². The summed E-state index contributed by atoms with van der Waals surface area (Å²) >= 11 is 6.20. The number of hydrogen-bond acceptors (Lipinski definition) is 4. The molecule has 0 radical (unpaired) electrons. The van der Waals surface area contributed by atoms with E-state index < -0.39 is 0 Å². The van der Waals surface area contributed by atoms with E-state index in [-0.39, 0.29) is 5.91 Å². The van der Waals surface area contributed by atoms with Gasteiger partial charge in [-0.1, -0.05) is 29.8 Å². The molecule has 0 atom stereocenters. The van der Waals surface area contributed by atoms with Crippen molar-refractivity contribution in [3.8, 4) is 5.75 Å². The summed E-state index contributed by atoms with van der Waals surface area (Å²) in [5, 5.41) is 1.92. The Bertz CT molecular complexity index is 1050. The van der Waals surface area contributed by atoms with Gasteiger partial charge in [0.15, 0.2) is 0 Å². The van der Waals surface area contributed by atoms with Crippen LogP contribution >= 0.6 is 11.6 Å². The van der Waals surface area contributed by atoms with Crippen molar-refractivity contribution in [2.24, 2.45) is 0 Å². The number of aromatic nitrogens is 1. The zero-order valence-electron chi connectivity index (χ0n) is 18.1. The molecule has 0 aliphatic carbocycles. The Hall–Kier alpha value is -2.79. The highest BCUT2D eigenvalue weighted by molar-refractivity contribution is 6.32. The van der Waals surface area contributed by atoms with Crippen LogP contribution in [0, 0.1) is 13.8 Å². The summed E-state index contributed by atoms with van der Waals surface area (Å²) < 4.78 is 5.82. The number of nitrogens with zero attached hydrogens (tertiary/aromatic N) is 3. The Morgan fingerprint density at radius 2 is 1.74 bits per heavy atom. The molecule has 6 heteroatoms. The lowest BCUT2D eigenvalue weighted by molar-refractivity contribution is -0.131. The van der Waals surface area contributed by atoms with E-state index in [9.17, 15) is 4.79 Å². The number of hydrogen-bond donors (Lipinski definition) is 0. The minimum atomic E-state index is 0.193. The van der Waals surface area contributed by atoms with E-state index in [2.05, 4.69) is 23.1 Å². The molecule has 5 nitrogen and oxygen atoms in total. The van der Waals surface area contributed by atoms with Gasteiger partial charge in [0.1, 0.15) is 11.6 Å². The monoisotopic (exact) mass is 437 g/mol. The molecule has 1 saturated heterocycles. The lowest BCUT2D eigenvalue weighted by Crippen LogP contribution is -2.49. The van der Waals surface area contributed by atoms with Crippen LogP contribution < -0.4 is 9.64 Å². The molecule has 4 rings (SSSR count). The van der Waals surface area contributed by atoms with Crippen LogP contribution in [-0.2, 0) is 4.79 Å². The molecule has 2 aromatic carbocycles. The van der Waals surface area contributed by atoms with E-state index >= 15 is 0 Å². The average Bonchev–Trinajstić information content (AvgIpc) is 2.80. The van der Waals surface area contributed by atoms with Crippen LogP contribution in [0.3, 0.4) is 0 Å². The number of rotatable bonds is 6. The van der Waals surface area contributed by atoms with Crippen molar-refractivity contribution in [3.63, 3.8) is 0 Å². The molecule has 0 saturated carbocycles. The lowest BCUT2D eigenvalue weighted by Gasteiger charge is -2.35. The fraction of sp³-hybridized carbons (Fsp3) is 0.360. The maximum atomic E-state index is 12.6. The Morgan fingerprint density at radius 1 is 1.03 bits per heavy atom. The third-order valence-corrected chi connectivity index (χ3v) is 6.35. The van der Waals surface area contributed by atoms with E-state index in [1.807, 2.05) is 49.1 Å². The number of para-hydroxylation sites is 1. The second-order valence-corrected chi connectivity index (χ2v) is 8.43. The number of ether oxygens (including phenoxy) is 1. The predicted octanol–water partition coefficient (Wildman–Crippen LogP) is 5.01. The van der Waals surface area contributed by atoms with Crippen LogP contribution in [0.5, 0.6) is 5.75 Å². The molecule has 1 aromatic heterocycles. The van der Waals surface area contributed by atoms with Gasteiger partial charge in [0, 0.05) is 43.0 Å². The minimum Gasteiger partial charge on any atom is -0.494 e. The normalized spacial score (nSPS) is 14.2. The molecule has 31 heavy (non-hydrogen) atoms. The van der Waals surface area contributed by atoms with E-state index in [4.69, 9.17) is 21.3 Å². The molecule has 0 spiro atoms. The molecule has 162 valence electrons. The third-order valence-electron chi connectivity index (χ3n) is 5.75. The molecular weight excluding hydrogens is 410 g/mol. The van der Waals surface area contributed by atoms with Crippen LogP contribution in [-0.4, -0.2) is 48.6 Å². The van der Waals surface area contributed by atoms with Gasteiger partial charge in [-0.15, -0.1) is 0 Å². The van der Waals surface area contributed by atoms with Crippen molar-refractivity contribution >= 4 is 34.2 Å². The maximum absolute atomic E-state index is 12.6. The van der Waals surface area contributed by atoms with Gasteiger partial charge in [-0.3, -0.25) is 4.79 Å². The summed E-state index contributed by atoms with van der Waals surface area (Å²) in [5.74, 6) is 1.98. The summed E-state index contributed by atoms with van der Waals surface area (Å²) in [6, 6.07) is 16.2. The number of pyridine rings is 1. The first-order valence-electron chi connectivity index (χ1n) is 10.8. The van der Waals surface area contributed by atoms with Crippen LogP contribution in [0.4, 0.5) is 5.82 Å². The molecule has 1 amide bonds. The molecule has 1 fully saturated rings. The molecule has 0 N–H and O–H groups in total. The number of benzene rings is 2. The molecule has 3 aromatic rings. The van der Waals surface area contributed by atoms with Crippen LogP contribution in [0.1, 0.15) is 24.0 Å². The molecule has 1 aliphatic heterocycles. The van der Waals surface area contributed by atoms with Crippen LogP contribution in [0.25, 0.3) is 10.9 Å². The first-order valence-corrected chi connectivity index (χ1v) is 11.2. The molecule has 1 aliphatic rings. The number of aryl methyl sites for hydroxylation is 2. The molecule has 0 bridgehead atoms. The Kier molecular flexibility index (Phi) is 6.62. The Labute approximate surface area is 188 Å². The maximum Gasteiger partial charge on any atom is 0.222 e. The smallest absolute Gasteiger partial charge is 0.222 e. The largest absolute Gasteiger partial charge is 0.494 e. The third kappa shape index (κ3) is 5.10. The first-order chi connectivity index (χ1) is 15.0. The lowest BCUT2D eigenvalue weighted by atomic mass is 10.1. The van der Waals surface area contributed by atoms with Gasteiger partial charge in [0.05, 0.1) is 12.1 Å². The fourth-order valence-electron chi connectivity index (χ4n) is 3.98. The van der Waals surface area contributed by atoms with Crippen molar-refractivity contribution in [1.29, 1.82) is 0 Å². The fourth-order valence-corrected chi connectivity index (χ4v) is 4.09. The summed E-state index contributed by atoms with van der Waals surface area (Å²) in [5.41, 5.74) is 3.02. The van der Waals surface area contributed by atoms with Gasteiger partial charge >= 0.3 is 0 Å². The van der Waals surface area contributed by atoms with E-state index in [0.717, 1.165) is 64.8 Å². The standard InChI is InChI=1S/C25H28ClN3O2/c1-18-16-21(17-19(2)25(18)26)31-15-5-8-24(30)29-13-11-28(12-14-29)23-10-9-20-6-3-4-7-22(20)27-23/h3-4,6-7,9-10,16-17H,5,8,11-15H2,1-2H3. The van der Waals surface area contributed by atoms with Gasteiger partial charge in [0.25, 0.3) is 0 Å². The SMILES string of the molecule is Cc1cc(OCCCC(=O)N2CCN(c3ccc4ccccc4n3)CC2)cc(C)c1Cl. The highest BCUT2D eigenvalue weighted by Gasteiger charge is 2.21. The van der Waals surface area contributed by atoms with Gasteiger partial charge in [0.2, 0.25) is 5.91 Å². The number of amides is 1. The number of halogens is 1. The molecule has 0 unspecified atom stereocenters. The summed E-state index contributed by atoms with van der Waals surface area (Å²) in [6.45, 7) is 7.52. The first kappa shape index (κ1) is 21.4. The van der Waals surface area contributed by atoms with Crippen molar-refractivity contribution in [3.05, 3.63) is 64.7 Å². The van der Waals surface area contributed by atoms with Gasteiger partial charge in [-0.25, -0.2) is 4.98 Å². The Morgan fingerprint density at radius 3 is 2.48 bits per heavy atom. The number of anilines is 1. The van der Waals surface area contributed by atoms with Crippen molar-refractivity contribution in [2.45, 2.75) is 26.7 Å². The topological polar surface area (TPSA) is 45.7 Å². The van der Waals surface area contributed by atoms with Gasteiger partial charge in [-0.2, -0.15) is 0 Å². The Balaban J connectivity index is 1.23. The second-order valence-electron chi connectivity index (χ2n) is 8.05. The summed E-state index contributed by atoms with van der Waals surface area (Å²) in [7, 11) is 0. The van der Waals surface area contributed by atoms with E-state index in [0.29, 0.717) is 19.4 Å². The number of piperazine rings is 1. The summed E-state index contributed by atoms with van der Waals surface area (Å²) in [6.07, 6.45) is 1.20. The van der Waals surface area contributed by atoms with E-state index in [1.54, 1.807) is 0 Å². The highest BCUT2D eigenvalue weighted by atomic mass is 35.5.